The van der Waals surface area contributed by atoms with Crippen LogP contribution >= 0.6 is 11.6 Å². The molecule has 6 nitrogen and oxygen atoms in total. The highest BCUT2D eigenvalue weighted by Gasteiger charge is 2.43. The first-order chi connectivity index (χ1) is 12.9. The van der Waals surface area contributed by atoms with Gasteiger partial charge >= 0.3 is 0 Å². The van der Waals surface area contributed by atoms with E-state index >= 15 is 0 Å². The Morgan fingerprint density at radius 1 is 1.19 bits per heavy atom. The molecule has 3 fully saturated rings. The van der Waals surface area contributed by atoms with Gasteiger partial charge in [0, 0.05) is 22.8 Å². The predicted molar refractivity (Wildman–Crippen MR) is 106 cm³/mol. The summed E-state index contributed by atoms with van der Waals surface area (Å²) in [5, 5.41) is 0.740. The maximum atomic E-state index is 13.0. The van der Waals surface area contributed by atoms with Gasteiger partial charge in [-0.3, -0.25) is 4.79 Å². The number of piperazine rings is 1. The largest absolute Gasteiger partial charge is 0.360 e. The van der Waals surface area contributed by atoms with Gasteiger partial charge < -0.3 is 14.7 Å². The first kappa shape index (κ1) is 19.0. The number of nitrogens with zero attached hydrogens (tertiary/aromatic N) is 2. The number of anilines is 1. The van der Waals surface area contributed by atoms with Crippen LogP contribution in [0.3, 0.4) is 0 Å². The number of carbonyl (C=O) groups is 1. The smallest absolute Gasteiger partial charge is 0.278 e. The molecule has 3 aliphatic rings. The first-order valence-electron chi connectivity index (χ1n) is 9.77. The summed E-state index contributed by atoms with van der Waals surface area (Å²) in [6.45, 7) is 4.06. The summed E-state index contributed by atoms with van der Waals surface area (Å²) < 4.78 is 23.7. The molecule has 2 saturated heterocycles. The third-order valence-corrected chi connectivity index (χ3v) is 7.86. The molecule has 1 atom stereocenters. The van der Waals surface area contributed by atoms with Gasteiger partial charge in [-0.05, 0) is 37.5 Å². The van der Waals surface area contributed by atoms with Gasteiger partial charge in [-0.2, -0.15) is 0 Å². The van der Waals surface area contributed by atoms with Gasteiger partial charge in [0.05, 0.1) is 37.7 Å². The van der Waals surface area contributed by atoms with Gasteiger partial charge in [-0.25, -0.2) is 8.42 Å². The van der Waals surface area contributed by atoms with Crippen LogP contribution in [0.1, 0.15) is 19.3 Å². The Morgan fingerprint density at radius 3 is 2.52 bits per heavy atom. The summed E-state index contributed by atoms with van der Waals surface area (Å²) in [6.07, 6.45) is 2.63. The van der Waals surface area contributed by atoms with E-state index in [2.05, 4.69) is 11.0 Å². The minimum atomic E-state index is -2.97. The molecule has 8 heteroatoms. The van der Waals surface area contributed by atoms with Crippen molar-refractivity contribution in [2.45, 2.75) is 31.3 Å². The van der Waals surface area contributed by atoms with Gasteiger partial charge in [0.25, 0.3) is 5.91 Å². The predicted octanol–water partition coefficient (Wildman–Crippen LogP) is 0.223. The summed E-state index contributed by atoms with van der Waals surface area (Å²) >= 11 is 6.09. The van der Waals surface area contributed by atoms with Crippen molar-refractivity contribution in [3.8, 4) is 0 Å². The number of halogens is 1. The molecule has 0 unspecified atom stereocenters. The van der Waals surface area contributed by atoms with Crippen LogP contribution in [0.2, 0.25) is 5.02 Å². The van der Waals surface area contributed by atoms with Crippen LogP contribution in [-0.2, 0) is 14.6 Å². The fraction of sp³-hybridized carbons (Fsp3) is 0.632. The number of carbonyl (C=O) groups excluding carboxylic acids is 1. The Bertz CT molecular complexity index is 804. The number of amides is 1. The second kappa shape index (κ2) is 7.60. The van der Waals surface area contributed by atoms with E-state index in [1.165, 1.54) is 4.90 Å². The second-order valence-corrected chi connectivity index (χ2v) is 10.6. The molecule has 0 spiro atoms. The van der Waals surface area contributed by atoms with E-state index in [0.717, 1.165) is 49.7 Å². The molecule has 0 aromatic heterocycles. The van der Waals surface area contributed by atoms with E-state index in [1.54, 1.807) is 0 Å². The summed E-state index contributed by atoms with van der Waals surface area (Å²) in [4.78, 5) is 18.5. The van der Waals surface area contributed by atoms with Crippen LogP contribution in [-0.4, -0.2) is 75.5 Å². The Morgan fingerprint density at radius 2 is 1.93 bits per heavy atom. The quantitative estimate of drug-likeness (QED) is 0.751. The molecule has 4 rings (SSSR count). The van der Waals surface area contributed by atoms with Gasteiger partial charge in [-0.15, -0.1) is 0 Å². The zero-order chi connectivity index (χ0) is 19.0. The molecule has 1 amide bonds. The minimum absolute atomic E-state index is 0.109. The SMILES string of the molecule is O=C(C[NH+]1CCN(c2cccc(Cl)c2)CC1)N(C1CC1)[C@@H]1CCS(=O)(=O)C1. The Hall–Kier alpha value is -1.31. The van der Waals surface area contributed by atoms with Crippen LogP contribution in [0.4, 0.5) is 5.69 Å². The van der Waals surface area contributed by atoms with E-state index in [0.29, 0.717) is 13.0 Å². The molecule has 27 heavy (non-hydrogen) atoms. The topological polar surface area (TPSA) is 62.1 Å². The lowest BCUT2D eigenvalue weighted by Gasteiger charge is -2.35. The van der Waals surface area contributed by atoms with E-state index in [9.17, 15) is 13.2 Å². The zero-order valence-electron chi connectivity index (χ0n) is 15.4. The lowest BCUT2D eigenvalue weighted by Crippen LogP contribution is -3.16. The Labute approximate surface area is 166 Å². The van der Waals surface area contributed by atoms with Crippen molar-refractivity contribution in [2.24, 2.45) is 0 Å². The molecule has 148 valence electrons. The number of sulfone groups is 1. The average molecular weight is 413 g/mol. The number of rotatable bonds is 5. The number of benzene rings is 1. The van der Waals surface area contributed by atoms with Crippen molar-refractivity contribution in [1.29, 1.82) is 0 Å². The van der Waals surface area contributed by atoms with Gasteiger partial charge in [0.1, 0.15) is 0 Å². The zero-order valence-corrected chi connectivity index (χ0v) is 17.0. The molecule has 1 aliphatic carbocycles. The molecule has 1 N–H and O–H groups in total. The van der Waals surface area contributed by atoms with Crippen molar-refractivity contribution < 1.29 is 18.1 Å². The third kappa shape index (κ3) is 4.58. The lowest BCUT2D eigenvalue weighted by atomic mass is 10.2. The van der Waals surface area contributed by atoms with E-state index in [4.69, 9.17) is 11.6 Å². The summed E-state index contributed by atoms with van der Waals surface area (Å²) in [6, 6.07) is 8.04. The second-order valence-electron chi connectivity index (χ2n) is 7.98. The van der Waals surface area contributed by atoms with Crippen molar-refractivity contribution in [2.75, 3.05) is 49.1 Å². The molecule has 0 radical (unpaired) electrons. The van der Waals surface area contributed by atoms with Crippen molar-refractivity contribution in [3.63, 3.8) is 0 Å². The molecule has 0 bridgehead atoms. The standard InChI is InChI=1S/C19H26ClN3O3S/c20-15-2-1-3-17(12-15)22-9-7-21(8-10-22)13-19(24)23(16-4-5-16)18-6-11-27(25,26)14-18/h1-3,12,16,18H,4-11,13-14H2/p+1/t18-/m1/s1. The van der Waals surface area contributed by atoms with Gasteiger partial charge in [-0.1, -0.05) is 17.7 Å². The van der Waals surface area contributed by atoms with Crippen molar-refractivity contribution >= 4 is 33.0 Å². The average Bonchev–Trinajstić information content (AvgIpc) is 3.39. The normalized spacial score (nSPS) is 25.5. The monoisotopic (exact) mass is 412 g/mol. The maximum absolute atomic E-state index is 13.0. The van der Waals surface area contributed by atoms with Crippen LogP contribution in [0.5, 0.6) is 0 Å². The van der Waals surface area contributed by atoms with Crippen LogP contribution < -0.4 is 9.80 Å². The van der Waals surface area contributed by atoms with Crippen LogP contribution in [0.25, 0.3) is 0 Å². The maximum Gasteiger partial charge on any atom is 0.278 e. The molecule has 1 saturated carbocycles. The minimum Gasteiger partial charge on any atom is -0.360 e. The lowest BCUT2D eigenvalue weighted by molar-refractivity contribution is -0.892. The highest BCUT2D eigenvalue weighted by Crippen LogP contribution is 2.32. The van der Waals surface area contributed by atoms with Crippen LogP contribution in [0.15, 0.2) is 24.3 Å². The fourth-order valence-electron chi connectivity index (χ4n) is 4.29. The third-order valence-electron chi connectivity index (χ3n) is 5.88. The molecule has 1 aromatic carbocycles. The molecular formula is C19H27ClN3O3S+. The highest BCUT2D eigenvalue weighted by atomic mass is 35.5. The molecule has 1 aromatic rings. The summed E-state index contributed by atoms with van der Waals surface area (Å²) in [5.74, 6) is 0.498. The van der Waals surface area contributed by atoms with E-state index in [1.807, 2.05) is 23.1 Å². The number of hydrogen-bond donors (Lipinski definition) is 1. The number of hydrogen-bond acceptors (Lipinski definition) is 4. The van der Waals surface area contributed by atoms with Crippen LogP contribution in [0, 0.1) is 0 Å². The fourth-order valence-corrected chi connectivity index (χ4v) is 6.18. The molecule has 2 aliphatic heterocycles. The summed E-state index contributed by atoms with van der Waals surface area (Å²) in [5.41, 5.74) is 1.13. The Kier molecular flexibility index (Phi) is 5.36. The summed E-state index contributed by atoms with van der Waals surface area (Å²) in [7, 11) is -2.97. The van der Waals surface area contributed by atoms with Gasteiger partial charge in [0.15, 0.2) is 16.4 Å². The van der Waals surface area contributed by atoms with E-state index in [-0.39, 0.29) is 29.5 Å². The van der Waals surface area contributed by atoms with Crippen molar-refractivity contribution in [3.05, 3.63) is 29.3 Å². The number of quaternary nitrogens is 1. The highest BCUT2D eigenvalue weighted by molar-refractivity contribution is 7.91. The number of nitrogens with one attached hydrogen (secondary N) is 1. The van der Waals surface area contributed by atoms with Gasteiger partial charge in [0.2, 0.25) is 0 Å². The molecule has 2 heterocycles. The van der Waals surface area contributed by atoms with E-state index < -0.39 is 9.84 Å². The molecular weight excluding hydrogens is 386 g/mol. The van der Waals surface area contributed by atoms with Crippen molar-refractivity contribution in [1.82, 2.24) is 4.90 Å². The first-order valence-corrected chi connectivity index (χ1v) is 12.0. The Balaban J connectivity index is 1.33.